The maximum atomic E-state index is 12.8. The van der Waals surface area contributed by atoms with Crippen LogP contribution >= 0.6 is 0 Å². The number of rotatable bonds is 5. The molecule has 0 heterocycles. The first kappa shape index (κ1) is 13.1. The van der Waals surface area contributed by atoms with Crippen molar-refractivity contribution in [2.24, 2.45) is 0 Å². The summed E-state index contributed by atoms with van der Waals surface area (Å²) in [6, 6.07) is 13.1. The molecule has 0 aliphatic heterocycles. The summed E-state index contributed by atoms with van der Waals surface area (Å²) in [6.07, 6.45) is 1.69. The van der Waals surface area contributed by atoms with Crippen LogP contribution in [0.2, 0.25) is 0 Å². The summed E-state index contributed by atoms with van der Waals surface area (Å²) >= 11 is 0. The highest BCUT2D eigenvalue weighted by Gasteiger charge is 2.01. The highest BCUT2D eigenvalue weighted by molar-refractivity contribution is 5.35. The highest BCUT2D eigenvalue weighted by atomic mass is 19.1. The van der Waals surface area contributed by atoms with Crippen LogP contribution < -0.4 is 9.47 Å². The minimum atomic E-state index is -0.283. The quantitative estimate of drug-likeness (QED) is 0.731. The lowest BCUT2D eigenvalue weighted by Crippen LogP contribution is -2.06. The van der Waals surface area contributed by atoms with E-state index in [1.165, 1.54) is 12.1 Å². The number of halogens is 1. The van der Waals surface area contributed by atoms with E-state index in [2.05, 4.69) is 6.58 Å². The average molecular weight is 258 g/mol. The van der Waals surface area contributed by atoms with E-state index in [1.54, 1.807) is 30.3 Å². The maximum absolute atomic E-state index is 12.8. The Balaban J connectivity index is 2.02. The van der Waals surface area contributed by atoms with E-state index < -0.39 is 0 Å². The number of benzene rings is 2. The Morgan fingerprint density at radius 2 is 1.42 bits per heavy atom. The third-order valence-electron chi connectivity index (χ3n) is 2.53. The fourth-order valence-corrected chi connectivity index (χ4v) is 1.49. The van der Waals surface area contributed by atoms with Gasteiger partial charge in [0.05, 0.1) is 0 Å². The molecule has 0 bridgehead atoms. The van der Waals surface area contributed by atoms with Crippen LogP contribution in [0, 0.1) is 5.82 Å². The second kappa shape index (κ2) is 6.05. The van der Waals surface area contributed by atoms with Crippen molar-refractivity contribution in [2.75, 3.05) is 0 Å². The lowest BCUT2D eigenvalue weighted by Gasteiger charge is -2.11. The zero-order valence-corrected chi connectivity index (χ0v) is 10.7. The second-order valence-electron chi connectivity index (χ2n) is 4.09. The molecule has 0 fully saturated rings. The fourth-order valence-electron chi connectivity index (χ4n) is 1.49. The van der Waals surface area contributed by atoms with Gasteiger partial charge in [0, 0.05) is 0 Å². The van der Waals surface area contributed by atoms with Gasteiger partial charge in [-0.25, -0.2) is 4.39 Å². The molecule has 0 saturated heterocycles. The van der Waals surface area contributed by atoms with Crippen LogP contribution in [-0.2, 0) is 0 Å². The van der Waals surface area contributed by atoms with Crippen molar-refractivity contribution in [1.29, 1.82) is 0 Å². The van der Waals surface area contributed by atoms with Crippen LogP contribution in [0.5, 0.6) is 17.2 Å². The van der Waals surface area contributed by atoms with Crippen LogP contribution in [0.3, 0.4) is 0 Å². The number of ether oxygens (including phenoxy) is 2. The van der Waals surface area contributed by atoms with Crippen molar-refractivity contribution in [1.82, 2.24) is 0 Å². The van der Waals surface area contributed by atoms with Gasteiger partial charge < -0.3 is 9.47 Å². The third-order valence-corrected chi connectivity index (χ3v) is 2.53. The minimum absolute atomic E-state index is 0.0381. The molecular formula is C16H15FO2. The lowest BCUT2D eigenvalue weighted by molar-refractivity contribution is 0.270. The molecule has 0 N–H and O–H groups in total. The Kier molecular flexibility index (Phi) is 4.18. The molecule has 98 valence electrons. The Morgan fingerprint density at radius 1 is 0.947 bits per heavy atom. The molecule has 19 heavy (non-hydrogen) atoms. The van der Waals surface area contributed by atoms with E-state index in [9.17, 15) is 4.39 Å². The number of hydrogen-bond acceptors (Lipinski definition) is 2. The average Bonchev–Trinajstić information content (AvgIpc) is 2.43. The maximum Gasteiger partial charge on any atom is 0.127 e. The minimum Gasteiger partial charge on any atom is -0.487 e. The van der Waals surface area contributed by atoms with Crippen molar-refractivity contribution in [3.63, 3.8) is 0 Å². The Morgan fingerprint density at radius 3 is 1.95 bits per heavy atom. The third kappa shape index (κ3) is 3.85. The van der Waals surface area contributed by atoms with Crippen molar-refractivity contribution < 1.29 is 13.9 Å². The summed E-state index contributed by atoms with van der Waals surface area (Å²) < 4.78 is 23.9. The second-order valence-corrected chi connectivity index (χ2v) is 4.09. The van der Waals surface area contributed by atoms with Crippen LogP contribution in [0.15, 0.2) is 61.2 Å². The summed E-state index contributed by atoms with van der Waals surface area (Å²) in [5.41, 5.74) is 0. The molecule has 2 rings (SSSR count). The van der Waals surface area contributed by atoms with Gasteiger partial charge in [-0.3, -0.25) is 0 Å². The van der Waals surface area contributed by atoms with E-state index >= 15 is 0 Å². The molecule has 2 aromatic rings. The molecule has 0 aliphatic rings. The van der Waals surface area contributed by atoms with Crippen LogP contribution in [-0.4, -0.2) is 6.10 Å². The van der Waals surface area contributed by atoms with E-state index in [-0.39, 0.29) is 11.9 Å². The molecule has 0 radical (unpaired) electrons. The van der Waals surface area contributed by atoms with Crippen molar-refractivity contribution in [3.05, 3.63) is 67.0 Å². The van der Waals surface area contributed by atoms with E-state index in [1.807, 2.05) is 19.1 Å². The van der Waals surface area contributed by atoms with Crippen LogP contribution in [0.1, 0.15) is 6.92 Å². The van der Waals surface area contributed by atoms with Gasteiger partial charge in [0.15, 0.2) is 0 Å². The molecule has 2 aromatic carbocycles. The van der Waals surface area contributed by atoms with Gasteiger partial charge in [-0.05, 0) is 55.5 Å². The lowest BCUT2D eigenvalue weighted by atomic mass is 10.3. The monoisotopic (exact) mass is 258 g/mol. The summed E-state index contributed by atoms with van der Waals surface area (Å²) in [7, 11) is 0. The first-order chi connectivity index (χ1) is 9.17. The molecule has 1 atom stereocenters. The van der Waals surface area contributed by atoms with Gasteiger partial charge in [0.25, 0.3) is 0 Å². The standard InChI is InChI=1S/C16H15FO2/c1-3-12(2)18-14-8-10-16(11-9-14)19-15-6-4-13(17)5-7-15/h3-12H,1H2,2H3. The molecule has 0 spiro atoms. The molecule has 0 aliphatic carbocycles. The normalized spacial score (nSPS) is 11.7. The Bertz CT molecular complexity index is 532. The van der Waals surface area contributed by atoms with E-state index in [4.69, 9.17) is 9.47 Å². The highest BCUT2D eigenvalue weighted by Crippen LogP contribution is 2.24. The van der Waals surface area contributed by atoms with Gasteiger partial charge in [-0.1, -0.05) is 12.7 Å². The summed E-state index contributed by atoms with van der Waals surface area (Å²) in [6.45, 7) is 5.57. The molecule has 0 saturated carbocycles. The summed E-state index contributed by atoms with van der Waals surface area (Å²) in [5, 5.41) is 0. The zero-order chi connectivity index (χ0) is 13.7. The predicted molar refractivity (Wildman–Crippen MR) is 73.2 cm³/mol. The topological polar surface area (TPSA) is 18.5 Å². The van der Waals surface area contributed by atoms with Gasteiger partial charge in [0.1, 0.15) is 29.2 Å². The smallest absolute Gasteiger partial charge is 0.127 e. The zero-order valence-electron chi connectivity index (χ0n) is 10.7. The van der Waals surface area contributed by atoms with Crippen LogP contribution in [0.25, 0.3) is 0 Å². The van der Waals surface area contributed by atoms with Gasteiger partial charge in [-0.15, -0.1) is 0 Å². The Labute approximate surface area is 112 Å². The molecule has 0 amide bonds. The molecule has 3 heteroatoms. The predicted octanol–water partition coefficient (Wildman–Crippen LogP) is 4.57. The summed E-state index contributed by atoms with van der Waals surface area (Å²) in [4.78, 5) is 0. The SMILES string of the molecule is C=CC(C)Oc1ccc(Oc2ccc(F)cc2)cc1. The molecule has 0 aromatic heterocycles. The Hall–Kier alpha value is -2.29. The van der Waals surface area contributed by atoms with Gasteiger partial charge in [0.2, 0.25) is 0 Å². The first-order valence-electron chi connectivity index (χ1n) is 6.00. The van der Waals surface area contributed by atoms with Crippen LogP contribution in [0.4, 0.5) is 4.39 Å². The summed E-state index contributed by atoms with van der Waals surface area (Å²) in [5.74, 6) is 1.73. The van der Waals surface area contributed by atoms with Gasteiger partial charge in [-0.2, -0.15) is 0 Å². The fraction of sp³-hybridized carbons (Fsp3) is 0.125. The van der Waals surface area contributed by atoms with E-state index in [0.717, 1.165) is 5.75 Å². The molecule has 1 unspecified atom stereocenters. The van der Waals surface area contributed by atoms with Crippen molar-refractivity contribution in [3.8, 4) is 17.2 Å². The van der Waals surface area contributed by atoms with Gasteiger partial charge >= 0.3 is 0 Å². The largest absolute Gasteiger partial charge is 0.487 e. The van der Waals surface area contributed by atoms with E-state index in [0.29, 0.717) is 11.5 Å². The molecular weight excluding hydrogens is 243 g/mol. The molecule has 2 nitrogen and oxygen atoms in total. The number of hydrogen-bond donors (Lipinski definition) is 0. The first-order valence-corrected chi connectivity index (χ1v) is 6.00. The van der Waals surface area contributed by atoms with Crippen molar-refractivity contribution in [2.45, 2.75) is 13.0 Å². The van der Waals surface area contributed by atoms with Crippen molar-refractivity contribution >= 4 is 0 Å².